The molecule has 0 spiro atoms. The van der Waals surface area contributed by atoms with Crippen molar-refractivity contribution in [3.05, 3.63) is 21.9 Å². The molecule has 4 nitrogen and oxygen atoms in total. The lowest BCUT2D eigenvalue weighted by Gasteiger charge is -2.15. The van der Waals surface area contributed by atoms with Gasteiger partial charge in [0.2, 0.25) is 0 Å². The number of carboxylic acids is 1. The van der Waals surface area contributed by atoms with Gasteiger partial charge in [0.15, 0.2) is 0 Å². The molecule has 0 aromatic carbocycles. The van der Waals surface area contributed by atoms with Gasteiger partial charge in [-0.05, 0) is 29.9 Å². The number of thiophene rings is 1. The number of rotatable bonds is 7. The molecule has 1 aromatic heterocycles. The van der Waals surface area contributed by atoms with Crippen LogP contribution in [0.4, 0.5) is 0 Å². The van der Waals surface area contributed by atoms with Gasteiger partial charge in [0.1, 0.15) is 0 Å². The number of aliphatic carboxylic acids is 1. The molecule has 1 aromatic rings. The number of nitrogens with one attached hydrogen (secondary N) is 1. The number of hydrogen-bond donors (Lipinski definition) is 2. The van der Waals surface area contributed by atoms with Crippen LogP contribution in [0.1, 0.15) is 48.3 Å². The van der Waals surface area contributed by atoms with Gasteiger partial charge in [0.25, 0.3) is 5.91 Å². The second-order valence-electron chi connectivity index (χ2n) is 4.19. The van der Waals surface area contributed by atoms with Crippen molar-refractivity contribution in [1.82, 2.24) is 5.32 Å². The number of aryl methyl sites for hydroxylation is 1. The fourth-order valence-corrected chi connectivity index (χ4v) is 2.75. The lowest BCUT2D eigenvalue weighted by molar-refractivity contribution is -0.137. The van der Waals surface area contributed by atoms with E-state index in [4.69, 9.17) is 5.11 Å². The van der Waals surface area contributed by atoms with E-state index in [0.29, 0.717) is 11.3 Å². The summed E-state index contributed by atoms with van der Waals surface area (Å²) in [5.41, 5.74) is 1.02. The first kappa shape index (κ1) is 14.7. The summed E-state index contributed by atoms with van der Waals surface area (Å²) in [6, 6.07) is 1.65. The van der Waals surface area contributed by atoms with Gasteiger partial charge in [-0.25, -0.2) is 0 Å². The summed E-state index contributed by atoms with van der Waals surface area (Å²) in [5.74, 6) is -1.03. The zero-order valence-electron chi connectivity index (χ0n) is 10.7. The van der Waals surface area contributed by atoms with E-state index in [1.54, 1.807) is 0 Å². The predicted octanol–water partition coefficient (Wildman–Crippen LogP) is 2.68. The normalized spacial score (nSPS) is 12.1. The Kier molecular flexibility index (Phi) is 5.85. The number of carboxylic acid groups (broad SMARTS) is 1. The molecule has 0 aliphatic carbocycles. The molecule has 0 aliphatic heterocycles. The van der Waals surface area contributed by atoms with Crippen LogP contribution in [-0.2, 0) is 11.2 Å². The average Bonchev–Trinajstić information content (AvgIpc) is 2.76. The molecule has 2 N–H and O–H groups in total. The smallest absolute Gasteiger partial charge is 0.305 e. The third-order valence-electron chi connectivity index (χ3n) is 2.73. The largest absolute Gasteiger partial charge is 0.481 e. The Morgan fingerprint density at radius 3 is 2.72 bits per heavy atom. The van der Waals surface area contributed by atoms with Gasteiger partial charge in [0, 0.05) is 6.04 Å². The highest BCUT2D eigenvalue weighted by Crippen LogP contribution is 2.17. The third kappa shape index (κ3) is 4.14. The summed E-state index contributed by atoms with van der Waals surface area (Å²) in [6.45, 7) is 3.98. The van der Waals surface area contributed by atoms with Crippen molar-refractivity contribution >= 4 is 23.2 Å². The van der Waals surface area contributed by atoms with Gasteiger partial charge in [-0.15, -0.1) is 11.3 Å². The van der Waals surface area contributed by atoms with Crippen LogP contribution >= 0.6 is 11.3 Å². The number of carbonyl (C=O) groups excluding carboxylic acids is 1. The van der Waals surface area contributed by atoms with Crippen molar-refractivity contribution in [3.63, 3.8) is 0 Å². The maximum atomic E-state index is 12.1. The molecule has 100 valence electrons. The van der Waals surface area contributed by atoms with Crippen molar-refractivity contribution < 1.29 is 14.7 Å². The Balaban J connectivity index is 2.68. The van der Waals surface area contributed by atoms with Crippen molar-refractivity contribution in [3.8, 4) is 0 Å². The highest BCUT2D eigenvalue weighted by molar-refractivity contribution is 7.12. The van der Waals surface area contributed by atoms with E-state index >= 15 is 0 Å². The van der Waals surface area contributed by atoms with Crippen molar-refractivity contribution in [1.29, 1.82) is 0 Å². The van der Waals surface area contributed by atoms with E-state index in [1.807, 2.05) is 25.3 Å². The Labute approximate surface area is 111 Å². The molecule has 0 saturated carbocycles. The Bertz CT molecular complexity index is 414. The zero-order valence-corrected chi connectivity index (χ0v) is 11.5. The van der Waals surface area contributed by atoms with Gasteiger partial charge >= 0.3 is 5.97 Å². The van der Waals surface area contributed by atoms with E-state index in [9.17, 15) is 9.59 Å². The van der Waals surface area contributed by atoms with Crippen molar-refractivity contribution in [2.24, 2.45) is 0 Å². The van der Waals surface area contributed by atoms with E-state index in [0.717, 1.165) is 18.4 Å². The van der Waals surface area contributed by atoms with Crippen LogP contribution < -0.4 is 5.32 Å². The highest BCUT2D eigenvalue weighted by atomic mass is 32.1. The zero-order chi connectivity index (χ0) is 13.5. The quantitative estimate of drug-likeness (QED) is 0.799. The first-order valence-electron chi connectivity index (χ1n) is 6.17. The lowest BCUT2D eigenvalue weighted by Crippen LogP contribution is -2.36. The van der Waals surface area contributed by atoms with Crippen LogP contribution in [0.25, 0.3) is 0 Å². The third-order valence-corrected chi connectivity index (χ3v) is 3.68. The fourth-order valence-electron chi connectivity index (χ4n) is 1.85. The molecule has 1 heterocycles. The lowest BCUT2D eigenvalue weighted by atomic mass is 10.1. The van der Waals surface area contributed by atoms with Gasteiger partial charge in [-0.3, -0.25) is 9.59 Å². The average molecular weight is 269 g/mol. The van der Waals surface area contributed by atoms with Gasteiger partial charge in [-0.2, -0.15) is 0 Å². The maximum Gasteiger partial charge on any atom is 0.305 e. The molecular formula is C13H19NO3S. The summed E-state index contributed by atoms with van der Waals surface area (Å²) in [6.07, 6.45) is 2.32. The van der Waals surface area contributed by atoms with Gasteiger partial charge in [0.05, 0.1) is 11.3 Å². The van der Waals surface area contributed by atoms with Crippen LogP contribution in [0.15, 0.2) is 11.4 Å². The first-order valence-corrected chi connectivity index (χ1v) is 7.05. The summed E-state index contributed by atoms with van der Waals surface area (Å²) < 4.78 is 0. The SMILES string of the molecule is CCCC(CC(=O)O)NC(=O)c1sccc1CC. The first-order chi connectivity index (χ1) is 8.58. The number of carbonyl (C=O) groups is 2. The second-order valence-corrected chi connectivity index (χ2v) is 5.10. The van der Waals surface area contributed by atoms with E-state index < -0.39 is 5.97 Å². The summed E-state index contributed by atoms with van der Waals surface area (Å²) in [4.78, 5) is 23.5. The maximum absolute atomic E-state index is 12.1. The van der Waals surface area contributed by atoms with Crippen molar-refractivity contribution in [2.45, 2.75) is 45.6 Å². The molecule has 0 fully saturated rings. The molecule has 0 radical (unpaired) electrons. The second kappa shape index (κ2) is 7.16. The van der Waals surface area contributed by atoms with Crippen LogP contribution in [0, 0.1) is 0 Å². The van der Waals surface area contributed by atoms with Gasteiger partial charge < -0.3 is 10.4 Å². The standard InChI is InChI=1S/C13H19NO3S/c1-3-5-10(8-11(15)16)14-13(17)12-9(4-2)6-7-18-12/h6-7,10H,3-5,8H2,1-2H3,(H,14,17)(H,15,16). The van der Waals surface area contributed by atoms with E-state index in [1.165, 1.54) is 11.3 Å². The minimum Gasteiger partial charge on any atom is -0.481 e. The molecule has 5 heteroatoms. The van der Waals surface area contributed by atoms with E-state index in [-0.39, 0.29) is 18.4 Å². The topological polar surface area (TPSA) is 66.4 Å². The Hall–Kier alpha value is -1.36. The Morgan fingerprint density at radius 2 is 2.17 bits per heavy atom. The fraction of sp³-hybridized carbons (Fsp3) is 0.538. The van der Waals surface area contributed by atoms with E-state index in [2.05, 4.69) is 5.32 Å². The van der Waals surface area contributed by atoms with Crippen LogP contribution in [0.2, 0.25) is 0 Å². The molecule has 18 heavy (non-hydrogen) atoms. The van der Waals surface area contributed by atoms with Crippen molar-refractivity contribution in [2.75, 3.05) is 0 Å². The number of hydrogen-bond acceptors (Lipinski definition) is 3. The number of amides is 1. The van der Waals surface area contributed by atoms with Crippen LogP contribution in [-0.4, -0.2) is 23.0 Å². The van der Waals surface area contributed by atoms with Gasteiger partial charge in [-0.1, -0.05) is 20.3 Å². The summed E-state index contributed by atoms with van der Waals surface area (Å²) in [7, 11) is 0. The van der Waals surface area contributed by atoms with Crippen LogP contribution in [0.5, 0.6) is 0 Å². The molecule has 0 bridgehead atoms. The van der Waals surface area contributed by atoms with Crippen LogP contribution in [0.3, 0.4) is 0 Å². The highest BCUT2D eigenvalue weighted by Gasteiger charge is 2.18. The molecule has 1 rings (SSSR count). The predicted molar refractivity (Wildman–Crippen MR) is 72.1 cm³/mol. The molecule has 0 aliphatic rings. The summed E-state index contributed by atoms with van der Waals surface area (Å²) in [5, 5.41) is 13.5. The minimum absolute atomic E-state index is 0.0214. The molecule has 1 unspecified atom stereocenters. The molecule has 1 atom stereocenters. The summed E-state index contributed by atoms with van der Waals surface area (Å²) >= 11 is 1.40. The monoisotopic (exact) mass is 269 g/mol. The molecular weight excluding hydrogens is 250 g/mol. The molecule has 0 saturated heterocycles. The Morgan fingerprint density at radius 1 is 1.44 bits per heavy atom. The minimum atomic E-state index is -0.879. The molecule has 1 amide bonds.